The van der Waals surface area contributed by atoms with Crippen molar-refractivity contribution in [1.82, 2.24) is 5.32 Å². The summed E-state index contributed by atoms with van der Waals surface area (Å²) in [7, 11) is -0.839. The number of hydrogen-bond donors (Lipinski definition) is 1. The van der Waals surface area contributed by atoms with Crippen LogP contribution in [0.15, 0.2) is 11.3 Å². The minimum Gasteiger partial charge on any atom is -0.320 e. The minimum atomic E-state index is -0.862. The zero-order valence-electron chi connectivity index (χ0n) is 12.0. The van der Waals surface area contributed by atoms with Crippen molar-refractivity contribution in [2.45, 2.75) is 58.8 Å². The second kappa shape index (κ2) is 9.19. The molecule has 0 unspecified atom stereocenters. The minimum absolute atomic E-state index is 0.0231. The van der Waals surface area contributed by atoms with Crippen molar-refractivity contribution in [2.75, 3.05) is 12.7 Å². The molecular weight excluding hydrogens is 226 g/mol. The molecule has 0 saturated carbocycles. The molecule has 1 nitrogen and oxygen atoms in total. The fourth-order valence-corrected chi connectivity index (χ4v) is 6.67. The van der Waals surface area contributed by atoms with Crippen molar-refractivity contribution in [1.29, 1.82) is 0 Å². The molecule has 16 heavy (non-hydrogen) atoms. The van der Waals surface area contributed by atoms with E-state index in [4.69, 9.17) is 0 Å². The molecule has 0 atom stereocenters. The van der Waals surface area contributed by atoms with Crippen LogP contribution < -0.4 is 5.32 Å². The maximum atomic E-state index is 3.65. The molecule has 0 bridgehead atoms. The second-order valence-electron chi connectivity index (χ2n) is 5.13. The van der Waals surface area contributed by atoms with Crippen molar-refractivity contribution in [3.8, 4) is 0 Å². The summed E-state index contributed by atoms with van der Waals surface area (Å²) in [6.45, 7) is 12.9. The average molecular weight is 258 g/mol. The molecule has 0 fully saturated rings. The number of rotatable bonds is 9. The van der Waals surface area contributed by atoms with Gasteiger partial charge in [-0.1, -0.05) is 44.5 Å². The van der Waals surface area contributed by atoms with Crippen molar-refractivity contribution in [2.24, 2.45) is 0 Å². The van der Waals surface area contributed by atoms with E-state index in [1.54, 1.807) is 0 Å². The highest BCUT2D eigenvalue weighted by Crippen LogP contribution is 2.24. The van der Waals surface area contributed by atoms with Gasteiger partial charge in [-0.15, -0.1) is 5.70 Å². The smallest absolute Gasteiger partial charge is 0.0608 e. The molecule has 0 amide bonds. The highest BCUT2D eigenvalue weighted by molar-refractivity contribution is 6.79. The van der Waals surface area contributed by atoms with Gasteiger partial charge in [0.1, 0.15) is 0 Å². The van der Waals surface area contributed by atoms with E-state index in [0.717, 1.165) is 0 Å². The Morgan fingerprint density at radius 2 is 1.69 bits per heavy atom. The zero-order chi connectivity index (χ0) is 12.4. The molecule has 3 heteroatoms. The lowest BCUT2D eigenvalue weighted by molar-refractivity contribution is 0.810. The van der Waals surface area contributed by atoms with E-state index in [1.165, 1.54) is 42.5 Å². The van der Waals surface area contributed by atoms with E-state index in [0.29, 0.717) is 0 Å². The van der Waals surface area contributed by atoms with Crippen LogP contribution in [0, 0.1) is 0 Å². The summed E-state index contributed by atoms with van der Waals surface area (Å²) < 4.78 is 0. The van der Waals surface area contributed by atoms with E-state index in [2.05, 4.69) is 45.6 Å². The third kappa shape index (κ3) is 6.66. The van der Waals surface area contributed by atoms with E-state index >= 15 is 0 Å². The van der Waals surface area contributed by atoms with Crippen molar-refractivity contribution < 1.29 is 0 Å². The van der Waals surface area contributed by atoms with Gasteiger partial charge in [-0.3, -0.25) is 0 Å². The van der Waals surface area contributed by atoms with Crippen LogP contribution in [-0.2, 0) is 0 Å². The average Bonchev–Trinajstić information content (AvgIpc) is 2.29. The standard InChI is InChI=1S/C13H31NSi2/c1-6-16(7-2,8-3)10-9-14-12-15-11-13(4)5/h11,14H,6-10,12,15H2,1-5H3. The lowest BCUT2D eigenvalue weighted by Crippen LogP contribution is -2.35. The van der Waals surface area contributed by atoms with Gasteiger partial charge in [0.05, 0.1) is 17.6 Å². The molecule has 0 aliphatic rings. The van der Waals surface area contributed by atoms with Gasteiger partial charge < -0.3 is 5.32 Å². The van der Waals surface area contributed by atoms with E-state index < -0.39 is 8.07 Å². The summed E-state index contributed by atoms with van der Waals surface area (Å²) in [6, 6.07) is 5.88. The van der Waals surface area contributed by atoms with E-state index in [-0.39, 0.29) is 9.52 Å². The van der Waals surface area contributed by atoms with Gasteiger partial charge in [0.15, 0.2) is 0 Å². The predicted molar refractivity (Wildman–Crippen MR) is 82.8 cm³/mol. The van der Waals surface area contributed by atoms with Crippen LogP contribution in [0.1, 0.15) is 34.6 Å². The highest BCUT2D eigenvalue weighted by Gasteiger charge is 2.25. The Hall–Kier alpha value is 0.134. The third-order valence-electron chi connectivity index (χ3n) is 3.96. The summed E-state index contributed by atoms with van der Waals surface area (Å²) in [4.78, 5) is 0. The van der Waals surface area contributed by atoms with Gasteiger partial charge >= 0.3 is 0 Å². The number of allylic oxidation sites excluding steroid dienone is 1. The molecule has 0 aliphatic carbocycles. The van der Waals surface area contributed by atoms with Gasteiger partial charge in [0.25, 0.3) is 0 Å². The highest BCUT2D eigenvalue weighted by atomic mass is 28.3. The molecule has 0 aromatic rings. The fourth-order valence-electron chi connectivity index (χ4n) is 2.22. The van der Waals surface area contributed by atoms with E-state index in [9.17, 15) is 0 Å². The molecular formula is C13H31NSi2. The van der Waals surface area contributed by atoms with Crippen LogP contribution in [0.2, 0.25) is 24.2 Å². The number of nitrogens with one attached hydrogen (secondary N) is 1. The van der Waals surface area contributed by atoms with Gasteiger partial charge in [-0.2, -0.15) is 0 Å². The Kier molecular flexibility index (Phi) is 9.27. The first-order chi connectivity index (χ1) is 7.60. The summed E-state index contributed by atoms with van der Waals surface area (Å²) in [5, 5.41) is 3.65. The summed E-state index contributed by atoms with van der Waals surface area (Å²) in [5.74, 6) is 0. The Bertz CT molecular complexity index is 186. The van der Waals surface area contributed by atoms with Crippen LogP contribution in [0.4, 0.5) is 0 Å². The topological polar surface area (TPSA) is 12.0 Å². The summed E-state index contributed by atoms with van der Waals surface area (Å²) in [5.41, 5.74) is 3.95. The Morgan fingerprint density at radius 3 is 2.12 bits per heavy atom. The Labute approximate surface area is 106 Å². The first-order valence-corrected chi connectivity index (χ1v) is 11.6. The zero-order valence-corrected chi connectivity index (χ0v) is 14.4. The lowest BCUT2D eigenvalue weighted by Gasteiger charge is -2.28. The maximum Gasteiger partial charge on any atom is 0.0608 e. The number of hydrogen-bond acceptors (Lipinski definition) is 1. The molecule has 0 heterocycles. The Morgan fingerprint density at radius 1 is 1.12 bits per heavy atom. The first-order valence-electron chi connectivity index (χ1n) is 6.94. The van der Waals surface area contributed by atoms with Crippen LogP contribution in [0.25, 0.3) is 0 Å². The van der Waals surface area contributed by atoms with Gasteiger partial charge in [0.2, 0.25) is 0 Å². The SMILES string of the molecule is CC[Si](CC)(CC)CCNC[SiH2]C=C(C)C. The molecule has 0 radical (unpaired) electrons. The summed E-state index contributed by atoms with van der Waals surface area (Å²) >= 11 is 0. The normalized spacial score (nSPS) is 12.3. The molecule has 0 aliphatic heterocycles. The lowest BCUT2D eigenvalue weighted by atomic mass is 10.4. The predicted octanol–water partition coefficient (Wildman–Crippen LogP) is 3.13. The van der Waals surface area contributed by atoms with Crippen molar-refractivity contribution in [3.05, 3.63) is 11.3 Å². The van der Waals surface area contributed by atoms with Crippen LogP contribution >= 0.6 is 0 Å². The van der Waals surface area contributed by atoms with Crippen LogP contribution in [0.3, 0.4) is 0 Å². The summed E-state index contributed by atoms with van der Waals surface area (Å²) in [6.07, 6.45) is 1.28. The molecule has 0 saturated heterocycles. The third-order valence-corrected chi connectivity index (χ3v) is 11.5. The molecule has 0 aromatic carbocycles. The van der Waals surface area contributed by atoms with E-state index in [1.807, 2.05) is 0 Å². The van der Waals surface area contributed by atoms with Crippen molar-refractivity contribution in [3.63, 3.8) is 0 Å². The van der Waals surface area contributed by atoms with Crippen LogP contribution in [0.5, 0.6) is 0 Å². The van der Waals surface area contributed by atoms with Gasteiger partial charge in [-0.25, -0.2) is 0 Å². The van der Waals surface area contributed by atoms with Gasteiger partial charge in [0, 0.05) is 0 Å². The maximum absolute atomic E-state index is 3.65. The largest absolute Gasteiger partial charge is 0.320 e. The Balaban J connectivity index is 3.67. The monoisotopic (exact) mass is 257 g/mol. The first kappa shape index (κ1) is 16.1. The van der Waals surface area contributed by atoms with Crippen LogP contribution in [-0.4, -0.2) is 30.3 Å². The molecule has 1 N–H and O–H groups in total. The van der Waals surface area contributed by atoms with Gasteiger partial charge in [-0.05, 0) is 32.6 Å². The van der Waals surface area contributed by atoms with Crippen molar-refractivity contribution >= 4 is 17.6 Å². The fraction of sp³-hybridized carbons (Fsp3) is 0.846. The molecule has 96 valence electrons. The quantitative estimate of drug-likeness (QED) is 0.494. The molecule has 0 rings (SSSR count). The second-order valence-corrected chi connectivity index (χ2v) is 12.2. The molecule has 0 spiro atoms. The molecule has 0 aromatic heterocycles.